The smallest absolute Gasteiger partial charge is 0.352 e. The summed E-state index contributed by atoms with van der Waals surface area (Å²) < 4.78 is 93.1. The first kappa shape index (κ1) is 23.8. The summed E-state index contributed by atoms with van der Waals surface area (Å²) in [6.07, 6.45) is 0.486. The molecule has 3 rings (SSSR count). The van der Waals surface area contributed by atoms with E-state index in [0.29, 0.717) is 12.4 Å². The Labute approximate surface area is 180 Å². The Balaban J connectivity index is 2.02. The van der Waals surface area contributed by atoms with Crippen LogP contribution >= 0.6 is 0 Å². The number of nitrogens with zero attached hydrogens (tertiary/aromatic N) is 4. The molecule has 0 aliphatic carbocycles. The summed E-state index contributed by atoms with van der Waals surface area (Å²) in [6.45, 7) is 0. The van der Waals surface area contributed by atoms with Crippen LogP contribution in [-0.4, -0.2) is 30.0 Å². The first-order chi connectivity index (χ1) is 15.9. The van der Waals surface area contributed by atoms with Gasteiger partial charge >= 0.3 is 11.4 Å². The fraction of sp³-hybridized carbons (Fsp3) is 0. The molecule has 3 aromatic rings. The Kier molecular flexibility index (Phi) is 5.98. The molecule has 0 bridgehead atoms. The molecule has 0 aliphatic heterocycles. The van der Waals surface area contributed by atoms with E-state index in [4.69, 9.17) is 0 Å². The van der Waals surface area contributed by atoms with Gasteiger partial charge in [0.15, 0.2) is 0 Å². The second-order valence-electron chi connectivity index (χ2n) is 5.85. The van der Waals surface area contributed by atoms with Crippen molar-refractivity contribution in [2.45, 2.75) is 0 Å². The maximum absolute atomic E-state index is 14.1. The lowest BCUT2D eigenvalue weighted by Crippen LogP contribution is -2.04. The van der Waals surface area contributed by atoms with E-state index in [9.17, 15) is 56.8 Å². The van der Waals surface area contributed by atoms with Crippen LogP contribution in [-0.2, 0) is 0 Å². The molecule has 18 heteroatoms. The van der Waals surface area contributed by atoms with Crippen LogP contribution in [0.25, 0.3) is 0 Å². The van der Waals surface area contributed by atoms with Gasteiger partial charge in [-0.15, -0.1) is 0 Å². The van der Waals surface area contributed by atoms with Gasteiger partial charge < -0.3 is 19.7 Å². The molecule has 0 atom stereocenters. The third-order valence-electron chi connectivity index (χ3n) is 3.86. The Hall–Kier alpha value is -4.90. The lowest BCUT2D eigenvalue weighted by Gasteiger charge is -2.11. The molecule has 178 valence electrons. The molecule has 1 heterocycles. The van der Waals surface area contributed by atoms with Gasteiger partial charge in [0.25, 0.3) is 0 Å². The summed E-state index contributed by atoms with van der Waals surface area (Å²) in [6, 6.07) is 0.435. The zero-order valence-corrected chi connectivity index (χ0v) is 15.6. The summed E-state index contributed by atoms with van der Waals surface area (Å²) in [5.74, 6) is -22.6. The zero-order valence-electron chi connectivity index (χ0n) is 15.6. The van der Waals surface area contributed by atoms with Crippen LogP contribution in [0, 0.1) is 55.1 Å². The van der Waals surface area contributed by atoms with Crippen LogP contribution in [0.15, 0.2) is 12.4 Å². The highest BCUT2D eigenvalue weighted by molar-refractivity contribution is 5.55. The average molecular weight is 494 g/mol. The standard InChI is InChI=1S/C16H4F6N4O8/c17-5-7(19)15(9(21)13(27)11(5)25(29)30)33-3-1-4(24-2-23-3)34-16-8(20)6(18)12(26(31)32)14(28)10(16)22/h1-2,27-28H. The predicted octanol–water partition coefficient (Wildman–Crippen LogP) is 4.12. The topological polar surface area (TPSA) is 171 Å². The van der Waals surface area contributed by atoms with Crippen LogP contribution < -0.4 is 9.47 Å². The van der Waals surface area contributed by atoms with E-state index in [2.05, 4.69) is 19.4 Å². The van der Waals surface area contributed by atoms with Gasteiger partial charge in [0.1, 0.15) is 6.33 Å². The number of phenols is 2. The summed E-state index contributed by atoms with van der Waals surface area (Å²) in [5.41, 5.74) is -3.86. The number of nitro benzene ring substituents is 2. The quantitative estimate of drug-likeness (QED) is 0.220. The van der Waals surface area contributed by atoms with Crippen LogP contribution in [0.1, 0.15) is 0 Å². The van der Waals surface area contributed by atoms with Crippen LogP contribution in [0.3, 0.4) is 0 Å². The van der Waals surface area contributed by atoms with Gasteiger partial charge in [0.2, 0.25) is 69.7 Å². The molecule has 0 saturated heterocycles. The largest absolute Gasteiger partial charge is 0.500 e. The highest BCUT2D eigenvalue weighted by Crippen LogP contribution is 2.43. The molecule has 0 saturated carbocycles. The molecule has 0 radical (unpaired) electrons. The average Bonchev–Trinajstić information content (AvgIpc) is 2.77. The maximum atomic E-state index is 14.1. The SMILES string of the molecule is O=[N+]([O-])c1c(O)c(F)c(Oc2cc(Oc3c(F)c(O)c([N+](=O)[O-])c(F)c3F)ncn2)c(F)c1F. The Bertz CT molecular complexity index is 1220. The molecule has 0 fully saturated rings. The number of nitro groups is 2. The lowest BCUT2D eigenvalue weighted by atomic mass is 10.2. The number of hydrogen-bond donors (Lipinski definition) is 2. The van der Waals surface area contributed by atoms with Crippen LogP contribution in [0.4, 0.5) is 37.7 Å². The molecular weight excluding hydrogens is 490 g/mol. The van der Waals surface area contributed by atoms with E-state index in [1.807, 2.05) is 0 Å². The van der Waals surface area contributed by atoms with Gasteiger partial charge in [-0.25, -0.2) is 9.97 Å². The fourth-order valence-corrected chi connectivity index (χ4v) is 2.39. The molecular formula is C16H4F6N4O8. The molecule has 12 nitrogen and oxygen atoms in total. The molecule has 1 aromatic heterocycles. The number of aromatic nitrogens is 2. The van der Waals surface area contributed by atoms with Crippen molar-refractivity contribution in [3.63, 3.8) is 0 Å². The summed E-state index contributed by atoms with van der Waals surface area (Å²) >= 11 is 0. The molecule has 2 aromatic carbocycles. The third kappa shape index (κ3) is 3.87. The van der Waals surface area contributed by atoms with E-state index < -0.39 is 90.9 Å². The van der Waals surface area contributed by atoms with Crippen molar-refractivity contribution < 1.29 is 55.9 Å². The van der Waals surface area contributed by atoms with Gasteiger partial charge in [-0.05, 0) is 0 Å². The Morgan fingerprint density at radius 2 is 1.03 bits per heavy atom. The molecule has 0 unspecified atom stereocenters. The minimum atomic E-state index is -2.30. The molecule has 2 N–H and O–H groups in total. The number of aromatic hydroxyl groups is 2. The van der Waals surface area contributed by atoms with Crippen molar-refractivity contribution in [1.29, 1.82) is 0 Å². The van der Waals surface area contributed by atoms with Gasteiger partial charge in [-0.3, -0.25) is 20.2 Å². The van der Waals surface area contributed by atoms with E-state index in [1.165, 1.54) is 0 Å². The maximum Gasteiger partial charge on any atom is 0.352 e. The highest BCUT2D eigenvalue weighted by atomic mass is 19.2. The van der Waals surface area contributed by atoms with Crippen molar-refractivity contribution in [3.8, 4) is 34.8 Å². The van der Waals surface area contributed by atoms with Crippen LogP contribution in [0.2, 0.25) is 0 Å². The van der Waals surface area contributed by atoms with Gasteiger partial charge in [-0.2, -0.15) is 26.3 Å². The Morgan fingerprint density at radius 3 is 1.35 bits per heavy atom. The molecule has 0 spiro atoms. The van der Waals surface area contributed by atoms with E-state index in [0.717, 1.165) is 0 Å². The number of phenolic OH excluding ortho intramolecular Hbond substituents is 2. The minimum absolute atomic E-state index is 0.435. The summed E-state index contributed by atoms with van der Waals surface area (Å²) in [7, 11) is 0. The minimum Gasteiger partial charge on any atom is -0.500 e. The van der Waals surface area contributed by atoms with Gasteiger partial charge in [-0.1, -0.05) is 0 Å². The second kappa shape index (κ2) is 8.56. The highest BCUT2D eigenvalue weighted by Gasteiger charge is 2.35. The number of hydrogen-bond acceptors (Lipinski definition) is 10. The molecule has 0 amide bonds. The van der Waals surface area contributed by atoms with E-state index >= 15 is 0 Å². The number of ether oxygens (including phenoxy) is 2. The number of benzene rings is 2. The monoisotopic (exact) mass is 494 g/mol. The second-order valence-corrected chi connectivity index (χ2v) is 5.85. The third-order valence-corrected chi connectivity index (χ3v) is 3.86. The van der Waals surface area contributed by atoms with Crippen molar-refractivity contribution in [2.24, 2.45) is 0 Å². The van der Waals surface area contributed by atoms with E-state index in [1.54, 1.807) is 0 Å². The zero-order chi connectivity index (χ0) is 25.5. The normalized spacial score (nSPS) is 10.8. The van der Waals surface area contributed by atoms with Crippen molar-refractivity contribution >= 4 is 11.4 Å². The predicted molar refractivity (Wildman–Crippen MR) is 91.5 cm³/mol. The Morgan fingerprint density at radius 1 is 0.676 bits per heavy atom. The lowest BCUT2D eigenvalue weighted by molar-refractivity contribution is -0.389. The van der Waals surface area contributed by atoms with Crippen molar-refractivity contribution in [2.75, 3.05) is 0 Å². The van der Waals surface area contributed by atoms with Crippen molar-refractivity contribution in [3.05, 3.63) is 67.5 Å². The summed E-state index contributed by atoms with van der Waals surface area (Å²) in [5, 5.41) is 40.1. The molecule has 34 heavy (non-hydrogen) atoms. The number of rotatable bonds is 6. The first-order valence-corrected chi connectivity index (χ1v) is 8.12. The number of halogens is 6. The van der Waals surface area contributed by atoms with Crippen LogP contribution in [0.5, 0.6) is 34.8 Å². The van der Waals surface area contributed by atoms with Crippen molar-refractivity contribution in [1.82, 2.24) is 9.97 Å². The van der Waals surface area contributed by atoms with Gasteiger partial charge in [0, 0.05) is 0 Å². The fourth-order valence-electron chi connectivity index (χ4n) is 2.39. The molecule has 0 aliphatic rings. The van der Waals surface area contributed by atoms with Gasteiger partial charge in [0.05, 0.1) is 15.9 Å². The van der Waals surface area contributed by atoms with E-state index in [-0.39, 0.29) is 0 Å². The summed E-state index contributed by atoms with van der Waals surface area (Å²) in [4.78, 5) is 24.7. The first-order valence-electron chi connectivity index (χ1n) is 8.12.